The number of benzene rings is 1. The van der Waals surface area contributed by atoms with E-state index in [-0.39, 0.29) is 0 Å². The first-order valence-corrected chi connectivity index (χ1v) is 6.31. The molecular weight excluding hydrogens is 243 g/mol. The molecule has 0 unspecified atom stereocenters. The Bertz CT molecular complexity index is 368. The van der Waals surface area contributed by atoms with Gasteiger partial charge in [0.25, 0.3) is 0 Å². The molecule has 1 aromatic rings. The van der Waals surface area contributed by atoms with Crippen molar-refractivity contribution in [3.05, 3.63) is 28.2 Å². The molecule has 0 amide bonds. The maximum atomic E-state index is 6.23. The Balaban J connectivity index is 2.20. The molecule has 1 heterocycles. The summed E-state index contributed by atoms with van der Waals surface area (Å²) in [6.07, 6.45) is 1.17. The number of likely N-dealkylation sites (N-methyl/N-ethyl adjacent to an activating group) is 1. The lowest BCUT2D eigenvalue weighted by Crippen LogP contribution is -2.28. The van der Waals surface area contributed by atoms with Crippen LogP contribution in [0, 0.1) is 0 Å². The molecule has 1 aliphatic rings. The Hall–Kier alpha value is -0.440. The molecule has 0 radical (unpaired) electrons. The first-order valence-electron chi connectivity index (χ1n) is 5.56. The lowest BCUT2D eigenvalue weighted by molar-refractivity contribution is 0.360. The highest BCUT2D eigenvalue weighted by Gasteiger charge is 2.15. The maximum Gasteiger partial charge on any atom is 0.0825 e. The molecule has 2 rings (SSSR count). The van der Waals surface area contributed by atoms with Crippen LogP contribution in [-0.4, -0.2) is 38.1 Å². The molecule has 1 aromatic carbocycles. The zero-order valence-electron chi connectivity index (χ0n) is 9.42. The van der Waals surface area contributed by atoms with Crippen molar-refractivity contribution < 1.29 is 0 Å². The average Bonchev–Trinajstić information content (AvgIpc) is 2.47. The highest BCUT2D eigenvalue weighted by Crippen LogP contribution is 2.32. The van der Waals surface area contributed by atoms with E-state index in [2.05, 4.69) is 16.8 Å². The van der Waals surface area contributed by atoms with Gasteiger partial charge in [-0.25, -0.2) is 0 Å². The molecule has 1 fully saturated rings. The third-order valence-electron chi connectivity index (χ3n) is 2.99. The zero-order chi connectivity index (χ0) is 11.5. The number of halogens is 2. The lowest BCUT2D eigenvalue weighted by atomic mass is 10.2. The first-order chi connectivity index (χ1) is 7.68. The second-order valence-corrected chi connectivity index (χ2v) is 5.00. The summed E-state index contributed by atoms with van der Waals surface area (Å²) in [7, 11) is 2.16. The summed E-state index contributed by atoms with van der Waals surface area (Å²) in [5, 5.41) is 1.31. The summed E-state index contributed by atoms with van der Waals surface area (Å²) >= 11 is 12.3. The SMILES string of the molecule is CN1CCCN(c2cccc(Cl)c2Cl)CC1. The van der Waals surface area contributed by atoms with Crippen molar-refractivity contribution in [3.63, 3.8) is 0 Å². The fourth-order valence-corrected chi connectivity index (χ4v) is 2.44. The smallest absolute Gasteiger partial charge is 0.0825 e. The molecule has 0 aromatic heterocycles. The molecule has 0 saturated carbocycles. The highest BCUT2D eigenvalue weighted by molar-refractivity contribution is 6.43. The maximum absolute atomic E-state index is 6.23. The van der Waals surface area contributed by atoms with E-state index in [1.54, 1.807) is 0 Å². The van der Waals surface area contributed by atoms with Crippen molar-refractivity contribution in [2.24, 2.45) is 0 Å². The molecule has 2 nitrogen and oxygen atoms in total. The summed E-state index contributed by atoms with van der Waals surface area (Å²) in [6.45, 7) is 4.28. The standard InChI is InChI=1S/C12H16Cl2N2/c1-15-6-3-7-16(9-8-15)11-5-2-4-10(13)12(11)14/h2,4-5H,3,6-9H2,1H3. The second kappa shape index (κ2) is 5.26. The molecule has 0 bridgehead atoms. The van der Waals surface area contributed by atoms with Gasteiger partial charge in [0.1, 0.15) is 0 Å². The van der Waals surface area contributed by atoms with Crippen LogP contribution < -0.4 is 4.90 Å². The van der Waals surface area contributed by atoms with Gasteiger partial charge in [-0.05, 0) is 32.1 Å². The lowest BCUT2D eigenvalue weighted by Gasteiger charge is -2.24. The third-order valence-corrected chi connectivity index (χ3v) is 3.80. The topological polar surface area (TPSA) is 6.48 Å². The van der Waals surface area contributed by atoms with Gasteiger partial charge in [-0.15, -0.1) is 0 Å². The summed E-state index contributed by atoms with van der Waals surface area (Å²) in [6, 6.07) is 5.83. The number of anilines is 1. The van der Waals surface area contributed by atoms with E-state index in [0.29, 0.717) is 10.0 Å². The molecule has 1 saturated heterocycles. The van der Waals surface area contributed by atoms with Crippen LogP contribution in [0.25, 0.3) is 0 Å². The first kappa shape index (κ1) is 12.0. The summed E-state index contributed by atoms with van der Waals surface area (Å²) in [5.74, 6) is 0. The molecule has 0 atom stereocenters. The van der Waals surface area contributed by atoms with Crippen molar-refractivity contribution in [2.45, 2.75) is 6.42 Å². The van der Waals surface area contributed by atoms with Gasteiger partial charge in [0.05, 0.1) is 15.7 Å². The van der Waals surface area contributed by atoms with E-state index in [1.807, 2.05) is 18.2 Å². The minimum absolute atomic E-state index is 0.636. The van der Waals surface area contributed by atoms with E-state index < -0.39 is 0 Å². The minimum atomic E-state index is 0.636. The van der Waals surface area contributed by atoms with Crippen LogP contribution in [0.15, 0.2) is 18.2 Å². The van der Waals surface area contributed by atoms with Crippen molar-refractivity contribution in [3.8, 4) is 0 Å². The van der Waals surface area contributed by atoms with Gasteiger partial charge in [-0.3, -0.25) is 0 Å². The summed E-state index contributed by atoms with van der Waals surface area (Å²) < 4.78 is 0. The normalized spacial score (nSPS) is 18.6. The highest BCUT2D eigenvalue weighted by atomic mass is 35.5. The quantitative estimate of drug-likeness (QED) is 0.764. The van der Waals surface area contributed by atoms with Crippen LogP contribution in [-0.2, 0) is 0 Å². The Morgan fingerprint density at radius 1 is 1.06 bits per heavy atom. The summed E-state index contributed by atoms with van der Waals surface area (Å²) in [4.78, 5) is 4.66. The number of rotatable bonds is 1. The molecule has 0 N–H and O–H groups in total. The summed E-state index contributed by atoms with van der Waals surface area (Å²) in [5.41, 5.74) is 1.06. The molecule has 0 aliphatic carbocycles. The Kier molecular flexibility index (Phi) is 3.95. The Morgan fingerprint density at radius 2 is 1.88 bits per heavy atom. The van der Waals surface area contributed by atoms with E-state index in [9.17, 15) is 0 Å². The van der Waals surface area contributed by atoms with Crippen LogP contribution in [0.5, 0.6) is 0 Å². The fourth-order valence-electron chi connectivity index (χ4n) is 2.02. The van der Waals surface area contributed by atoms with Gasteiger partial charge in [0, 0.05) is 19.6 Å². The van der Waals surface area contributed by atoms with Crippen molar-refractivity contribution in [1.82, 2.24) is 4.90 Å². The van der Waals surface area contributed by atoms with E-state index in [4.69, 9.17) is 23.2 Å². The molecule has 0 spiro atoms. The molecule has 16 heavy (non-hydrogen) atoms. The van der Waals surface area contributed by atoms with E-state index >= 15 is 0 Å². The number of hydrogen-bond donors (Lipinski definition) is 0. The van der Waals surface area contributed by atoms with E-state index in [1.165, 1.54) is 6.42 Å². The van der Waals surface area contributed by atoms with E-state index in [0.717, 1.165) is 31.9 Å². The van der Waals surface area contributed by atoms with Crippen LogP contribution in [0.3, 0.4) is 0 Å². The molecule has 1 aliphatic heterocycles. The minimum Gasteiger partial charge on any atom is -0.369 e. The molecular formula is C12H16Cl2N2. The van der Waals surface area contributed by atoms with Gasteiger partial charge in [0.2, 0.25) is 0 Å². The third kappa shape index (κ3) is 2.62. The molecule has 88 valence electrons. The van der Waals surface area contributed by atoms with Crippen LogP contribution in [0.4, 0.5) is 5.69 Å². The fraction of sp³-hybridized carbons (Fsp3) is 0.500. The van der Waals surface area contributed by atoms with Crippen LogP contribution in [0.1, 0.15) is 6.42 Å². The number of hydrogen-bond acceptors (Lipinski definition) is 2. The Morgan fingerprint density at radius 3 is 2.69 bits per heavy atom. The predicted octanol–water partition coefficient (Wildman–Crippen LogP) is 3.14. The van der Waals surface area contributed by atoms with Gasteiger partial charge >= 0.3 is 0 Å². The van der Waals surface area contributed by atoms with Gasteiger partial charge < -0.3 is 9.80 Å². The zero-order valence-corrected chi connectivity index (χ0v) is 10.9. The Labute approximate surface area is 107 Å². The average molecular weight is 259 g/mol. The second-order valence-electron chi connectivity index (χ2n) is 4.22. The van der Waals surface area contributed by atoms with Crippen LogP contribution >= 0.6 is 23.2 Å². The van der Waals surface area contributed by atoms with Gasteiger partial charge in [-0.1, -0.05) is 29.3 Å². The largest absolute Gasteiger partial charge is 0.369 e. The number of nitrogens with zero attached hydrogens (tertiary/aromatic N) is 2. The van der Waals surface area contributed by atoms with Gasteiger partial charge in [0.15, 0.2) is 0 Å². The van der Waals surface area contributed by atoms with Gasteiger partial charge in [-0.2, -0.15) is 0 Å². The van der Waals surface area contributed by atoms with Crippen molar-refractivity contribution >= 4 is 28.9 Å². The van der Waals surface area contributed by atoms with Crippen LogP contribution in [0.2, 0.25) is 10.0 Å². The van der Waals surface area contributed by atoms with Crippen molar-refractivity contribution in [1.29, 1.82) is 0 Å². The van der Waals surface area contributed by atoms with Crippen molar-refractivity contribution in [2.75, 3.05) is 38.1 Å². The monoisotopic (exact) mass is 258 g/mol. The predicted molar refractivity (Wildman–Crippen MR) is 70.8 cm³/mol. The molecule has 4 heteroatoms.